The van der Waals surface area contributed by atoms with Gasteiger partial charge in [0.15, 0.2) is 0 Å². The molecule has 1 N–H and O–H groups in total. The monoisotopic (exact) mass is 245 g/mol. The predicted octanol–water partition coefficient (Wildman–Crippen LogP) is 2.94. The van der Waals surface area contributed by atoms with Crippen molar-refractivity contribution in [3.8, 4) is 5.75 Å². The van der Waals surface area contributed by atoms with Crippen LogP contribution < -0.4 is 0 Å². The van der Waals surface area contributed by atoms with Crippen LogP contribution in [0.1, 0.15) is 37.8 Å². The number of phenolic OH excluding ortho intramolecular Hbond substituents is 1. The van der Waals surface area contributed by atoms with E-state index in [1.807, 2.05) is 12.1 Å². The molecule has 1 saturated heterocycles. The number of phenols is 1. The fraction of sp³-hybridized carbons (Fsp3) is 0.625. The van der Waals surface area contributed by atoms with Crippen molar-refractivity contribution in [3.63, 3.8) is 0 Å². The average molecular weight is 245 g/mol. The molecule has 1 aromatic rings. The Balaban J connectivity index is 2.16. The summed E-state index contributed by atoms with van der Waals surface area (Å²) in [6.45, 7) is 5.98. The van der Waals surface area contributed by atoms with Crippen molar-refractivity contribution in [1.29, 1.82) is 0 Å². The van der Waals surface area contributed by atoms with Crippen LogP contribution in [0, 0.1) is 5.92 Å². The Morgan fingerprint density at radius 3 is 2.94 bits per heavy atom. The zero-order valence-electron chi connectivity index (χ0n) is 11.6. The maximum atomic E-state index is 9.80. The number of benzene rings is 1. The molecular formula is C16H23NO. The second kappa shape index (κ2) is 3.99. The van der Waals surface area contributed by atoms with E-state index >= 15 is 0 Å². The molecule has 3 rings (SSSR count). The summed E-state index contributed by atoms with van der Waals surface area (Å²) >= 11 is 0. The van der Waals surface area contributed by atoms with Gasteiger partial charge in [0.25, 0.3) is 0 Å². The van der Waals surface area contributed by atoms with E-state index in [-0.39, 0.29) is 5.41 Å². The third-order valence-electron chi connectivity index (χ3n) is 5.49. The van der Waals surface area contributed by atoms with Crippen LogP contribution in [0.25, 0.3) is 0 Å². The lowest BCUT2D eigenvalue weighted by atomic mass is 9.61. The van der Waals surface area contributed by atoms with Crippen LogP contribution in [0.5, 0.6) is 5.75 Å². The third kappa shape index (κ3) is 1.58. The molecule has 2 aliphatic rings. The van der Waals surface area contributed by atoms with Crippen LogP contribution in [0.2, 0.25) is 0 Å². The van der Waals surface area contributed by atoms with Crippen LogP contribution >= 0.6 is 0 Å². The highest BCUT2D eigenvalue weighted by atomic mass is 16.3. The number of fused-ring (bicyclic) bond motifs is 4. The summed E-state index contributed by atoms with van der Waals surface area (Å²) in [5.74, 6) is 1.07. The van der Waals surface area contributed by atoms with Gasteiger partial charge in [-0.3, -0.25) is 0 Å². The van der Waals surface area contributed by atoms with Gasteiger partial charge >= 0.3 is 0 Å². The molecule has 2 bridgehead atoms. The van der Waals surface area contributed by atoms with Gasteiger partial charge in [0, 0.05) is 6.04 Å². The molecular weight excluding hydrogens is 222 g/mol. The SMILES string of the molecule is C[C@H]1[C@H]2Cc3ccc(O)cc3[C@]1(C)CCCN2C. The standard InChI is InChI=1S/C16H23NO/c1-11-15-9-12-5-6-13(18)10-14(12)16(11,2)7-4-8-17(15)3/h5-6,10-11,15,18H,4,7-9H2,1-3H3/t11-,15+,16+/m0/s1. The van der Waals surface area contributed by atoms with Crippen molar-refractivity contribution in [1.82, 2.24) is 4.90 Å². The Kier molecular flexibility index (Phi) is 2.67. The molecule has 18 heavy (non-hydrogen) atoms. The first-order chi connectivity index (χ1) is 8.52. The Hall–Kier alpha value is -1.02. The number of aromatic hydroxyl groups is 1. The van der Waals surface area contributed by atoms with E-state index in [2.05, 4.69) is 31.9 Å². The van der Waals surface area contributed by atoms with Gasteiger partial charge in [-0.1, -0.05) is 19.9 Å². The lowest BCUT2D eigenvalue weighted by molar-refractivity contribution is 0.143. The number of hydrogen-bond donors (Lipinski definition) is 1. The molecule has 2 heteroatoms. The van der Waals surface area contributed by atoms with Gasteiger partial charge in [-0.25, -0.2) is 0 Å². The number of rotatable bonds is 0. The van der Waals surface area contributed by atoms with Gasteiger partial charge in [-0.05, 0) is 67.4 Å². The first-order valence-electron chi connectivity index (χ1n) is 7.05. The maximum absolute atomic E-state index is 9.80. The molecule has 98 valence electrons. The van der Waals surface area contributed by atoms with E-state index in [0.717, 1.165) is 6.42 Å². The van der Waals surface area contributed by atoms with Crippen LogP contribution in [-0.2, 0) is 11.8 Å². The zero-order chi connectivity index (χ0) is 12.9. The normalized spacial score (nSPS) is 35.9. The molecule has 0 radical (unpaired) electrons. The minimum Gasteiger partial charge on any atom is -0.508 e. The van der Waals surface area contributed by atoms with E-state index in [1.54, 1.807) is 0 Å². The van der Waals surface area contributed by atoms with Gasteiger partial charge in [0.05, 0.1) is 0 Å². The third-order valence-corrected chi connectivity index (χ3v) is 5.49. The van der Waals surface area contributed by atoms with Crippen molar-refractivity contribution >= 4 is 0 Å². The molecule has 3 atom stereocenters. The summed E-state index contributed by atoms with van der Waals surface area (Å²) < 4.78 is 0. The summed E-state index contributed by atoms with van der Waals surface area (Å²) in [5, 5.41) is 9.80. The molecule has 0 amide bonds. The van der Waals surface area contributed by atoms with Gasteiger partial charge < -0.3 is 10.0 Å². The smallest absolute Gasteiger partial charge is 0.115 e. The van der Waals surface area contributed by atoms with Crippen molar-refractivity contribution in [2.45, 2.75) is 44.6 Å². The van der Waals surface area contributed by atoms with Gasteiger partial charge in [0.2, 0.25) is 0 Å². The topological polar surface area (TPSA) is 23.5 Å². The highest BCUT2D eigenvalue weighted by Crippen LogP contribution is 2.48. The number of nitrogens with zero attached hydrogens (tertiary/aromatic N) is 1. The second-order valence-corrected chi connectivity index (χ2v) is 6.40. The molecule has 0 spiro atoms. The van der Waals surface area contributed by atoms with Crippen molar-refractivity contribution < 1.29 is 5.11 Å². The Labute approximate surface area is 110 Å². The molecule has 0 saturated carbocycles. The summed E-state index contributed by atoms with van der Waals surface area (Å²) in [6.07, 6.45) is 3.61. The predicted molar refractivity (Wildman–Crippen MR) is 74.0 cm³/mol. The average Bonchev–Trinajstić information content (AvgIpc) is 2.41. The molecule has 1 fully saturated rings. The number of likely N-dealkylation sites (tertiary alicyclic amines) is 1. The van der Waals surface area contributed by atoms with E-state index < -0.39 is 0 Å². The molecule has 1 heterocycles. The summed E-state index contributed by atoms with van der Waals surface area (Å²) in [5.41, 5.74) is 3.05. The molecule has 0 aromatic heterocycles. The van der Waals surface area contributed by atoms with Gasteiger partial charge in [-0.15, -0.1) is 0 Å². The highest BCUT2D eigenvalue weighted by molar-refractivity contribution is 5.43. The second-order valence-electron chi connectivity index (χ2n) is 6.40. The van der Waals surface area contributed by atoms with E-state index in [0.29, 0.717) is 17.7 Å². The van der Waals surface area contributed by atoms with Crippen molar-refractivity contribution in [3.05, 3.63) is 29.3 Å². The van der Waals surface area contributed by atoms with Crippen LogP contribution in [-0.4, -0.2) is 29.6 Å². The van der Waals surface area contributed by atoms with E-state index in [4.69, 9.17) is 0 Å². The molecule has 1 aliphatic heterocycles. The van der Waals surface area contributed by atoms with Crippen LogP contribution in [0.3, 0.4) is 0 Å². The fourth-order valence-corrected chi connectivity index (χ4v) is 4.11. The molecule has 0 unspecified atom stereocenters. The van der Waals surface area contributed by atoms with Gasteiger partial charge in [-0.2, -0.15) is 0 Å². The molecule has 2 nitrogen and oxygen atoms in total. The Morgan fingerprint density at radius 2 is 2.17 bits per heavy atom. The summed E-state index contributed by atoms with van der Waals surface area (Å²) in [6, 6.07) is 6.62. The summed E-state index contributed by atoms with van der Waals surface area (Å²) in [7, 11) is 2.26. The first-order valence-corrected chi connectivity index (χ1v) is 7.05. The lowest BCUT2D eigenvalue weighted by Gasteiger charge is -2.46. The minimum absolute atomic E-state index is 0.224. The quantitative estimate of drug-likeness (QED) is 0.759. The van der Waals surface area contributed by atoms with Gasteiger partial charge in [0.1, 0.15) is 5.75 Å². The number of likely N-dealkylation sites (N-methyl/N-ethyl adjacent to an activating group) is 1. The maximum Gasteiger partial charge on any atom is 0.115 e. The largest absolute Gasteiger partial charge is 0.508 e. The highest BCUT2D eigenvalue weighted by Gasteiger charge is 2.45. The molecule has 1 aliphatic carbocycles. The Morgan fingerprint density at radius 1 is 1.39 bits per heavy atom. The number of hydrogen-bond acceptors (Lipinski definition) is 2. The van der Waals surface area contributed by atoms with E-state index in [1.165, 1.54) is 30.5 Å². The van der Waals surface area contributed by atoms with Crippen molar-refractivity contribution in [2.24, 2.45) is 5.92 Å². The Bertz CT molecular complexity index is 470. The van der Waals surface area contributed by atoms with Crippen molar-refractivity contribution in [2.75, 3.05) is 13.6 Å². The fourth-order valence-electron chi connectivity index (χ4n) is 4.11. The molecule has 1 aromatic carbocycles. The summed E-state index contributed by atoms with van der Waals surface area (Å²) in [4.78, 5) is 2.53. The minimum atomic E-state index is 0.224. The van der Waals surface area contributed by atoms with Crippen LogP contribution in [0.15, 0.2) is 18.2 Å². The lowest BCUT2D eigenvalue weighted by Crippen LogP contribution is -2.48. The van der Waals surface area contributed by atoms with Crippen LogP contribution in [0.4, 0.5) is 0 Å². The zero-order valence-corrected chi connectivity index (χ0v) is 11.6. The first kappa shape index (κ1) is 12.0. The van der Waals surface area contributed by atoms with E-state index in [9.17, 15) is 5.11 Å².